The summed E-state index contributed by atoms with van der Waals surface area (Å²) in [4.78, 5) is 6.60. The Morgan fingerprint density at radius 1 is 1.19 bits per heavy atom. The topological polar surface area (TPSA) is 56.7 Å². The molecular formula is C20H37IN4OS. The summed E-state index contributed by atoms with van der Waals surface area (Å²) in [7, 11) is 3.08. The van der Waals surface area contributed by atoms with Crippen LogP contribution in [0.2, 0.25) is 0 Å². The Kier molecular flexibility index (Phi) is 13.2. The van der Waals surface area contributed by atoms with Gasteiger partial charge in [0.15, 0.2) is 5.96 Å². The third-order valence-electron chi connectivity index (χ3n) is 4.37. The number of aliphatic imine (C=N–C) groups is 1. The van der Waals surface area contributed by atoms with Crippen LogP contribution >= 0.6 is 24.0 Å². The molecule has 1 rings (SSSR count). The number of hydrogen-bond acceptors (Lipinski definition) is 3. The number of guanidine groups is 1. The van der Waals surface area contributed by atoms with Gasteiger partial charge in [-0.25, -0.2) is 0 Å². The number of rotatable bonds is 9. The summed E-state index contributed by atoms with van der Waals surface area (Å²) in [5.74, 6) is 1.40. The van der Waals surface area contributed by atoms with Crippen molar-refractivity contribution in [2.75, 3.05) is 32.9 Å². The van der Waals surface area contributed by atoms with Gasteiger partial charge in [-0.15, -0.1) is 24.0 Å². The molecule has 0 aliphatic heterocycles. The van der Waals surface area contributed by atoms with Crippen molar-refractivity contribution in [1.29, 1.82) is 0 Å². The molecule has 0 fully saturated rings. The minimum Gasteiger partial charge on any atom is -0.356 e. The second kappa shape index (κ2) is 13.5. The molecule has 0 saturated carbocycles. The van der Waals surface area contributed by atoms with Gasteiger partial charge in [-0.3, -0.25) is 14.1 Å². The van der Waals surface area contributed by atoms with Gasteiger partial charge < -0.3 is 10.6 Å². The first-order chi connectivity index (χ1) is 12.2. The maximum absolute atomic E-state index is 12.1. The summed E-state index contributed by atoms with van der Waals surface area (Å²) in [6.07, 6.45) is 1.03. The first-order valence-corrected chi connectivity index (χ1v) is 10.6. The normalized spacial score (nSPS) is 14.4. The Hall–Kier alpha value is -0.670. The van der Waals surface area contributed by atoms with Gasteiger partial charge >= 0.3 is 0 Å². The lowest BCUT2D eigenvalue weighted by atomic mass is 10.1. The average molecular weight is 509 g/mol. The summed E-state index contributed by atoms with van der Waals surface area (Å²) in [6, 6.07) is 11.0. The monoisotopic (exact) mass is 508 g/mol. The molecule has 7 heteroatoms. The van der Waals surface area contributed by atoms with E-state index in [1.165, 1.54) is 5.56 Å². The van der Waals surface area contributed by atoms with Crippen molar-refractivity contribution < 1.29 is 4.21 Å². The molecule has 0 radical (unpaired) electrons. The molecule has 0 heterocycles. The molecule has 27 heavy (non-hydrogen) atoms. The molecule has 2 N–H and O–H groups in total. The van der Waals surface area contributed by atoms with E-state index in [0.29, 0.717) is 18.3 Å². The predicted molar refractivity (Wildman–Crippen MR) is 130 cm³/mol. The minimum absolute atomic E-state index is 0. The van der Waals surface area contributed by atoms with Gasteiger partial charge in [0, 0.05) is 54.0 Å². The molecule has 5 nitrogen and oxygen atoms in total. The summed E-state index contributed by atoms with van der Waals surface area (Å²) in [5.41, 5.74) is 1.33. The number of nitrogens with zero attached hydrogens (tertiary/aromatic N) is 2. The smallest absolute Gasteiger partial charge is 0.191 e. The van der Waals surface area contributed by atoms with Gasteiger partial charge in [0.05, 0.1) is 0 Å². The first kappa shape index (κ1) is 26.3. The third kappa shape index (κ3) is 11.0. The number of nitrogens with one attached hydrogen (secondary N) is 2. The molecule has 0 amide bonds. The fourth-order valence-electron chi connectivity index (χ4n) is 2.44. The van der Waals surface area contributed by atoms with Crippen molar-refractivity contribution in [3.63, 3.8) is 0 Å². The lowest BCUT2D eigenvalue weighted by Crippen LogP contribution is -2.42. The van der Waals surface area contributed by atoms with Crippen molar-refractivity contribution >= 4 is 40.7 Å². The maximum Gasteiger partial charge on any atom is 0.191 e. The molecule has 1 aromatic rings. The minimum atomic E-state index is -0.846. The average Bonchev–Trinajstić information content (AvgIpc) is 2.60. The zero-order chi connectivity index (χ0) is 19.6. The summed E-state index contributed by atoms with van der Waals surface area (Å²) in [6.45, 7) is 10.7. The Morgan fingerprint density at radius 2 is 1.78 bits per heavy atom. The summed E-state index contributed by atoms with van der Waals surface area (Å²) in [5, 5.41) is 6.59. The Labute approximate surface area is 185 Å². The van der Waals surface area contributed by atoms with Crippen LogP contribution in [0.25, 0.3) is 0 Å². The van der Waals surface area contributed by atoms with E-state index < -0.39 is 10.8 Å². The SMILES string of the molecule is CN=C(NCCC(C)N(C)Cc1ccccc1)NCCS(=O)C(C)(C)C.I. The van der Waals surface area contributed by atoms with Crippen LogP contribution in [-0.2, 0) is 17.3 Å². The van der Waals surface area contributed by atoms with Gasteiger partial charge in [-0.05, 0) is 46.7 Å². The fourth-order valence-corrected chi connectivity index (χ4v) is 3.34. The number of halogens is 1. The van der Waals surface area contributed by atoms with Crippen molar-refractivity contribution in [1.82, 2.24) is 15.5 Å². The lowest BCUT2D eigenvalue weighted by Gasteiger charge is -2.25. The van der Waals surface area contributed by atoms with Gasteiger partial charge in [-0.2, -0.15) is 0 Å². The molecule has 0 bridgehead atoms. The van der Waals surface area contributed by atoms with E-state index in [2.05, 4.69) is 58.8 Å². The zero-order valence-electron chi connectivity index (χ0n) is 17.6. The second-order valence-electron chi connectivity index (χ2n) is 7.63. The highest BCUT2D eigenvalue weighted by Crippen LogP contribution is 2.10. The molecule has 2 atom stereocenters. The van der Waals surface area contributed by atoms with Gasteiger partial charge in [-0.1, -0.05) is 30.3 Å². The van der Waals surface area contributed by atoms with E-state index in [-0.39, 0.29) is 28.7 Å². The first-order valence-electron chi connectivity index (χ1n) is 9.31. The van der Waals surface area contributed by atoms with Crippen molar-refractivity contribution in [2.24, 2.45) is 4.99 Å². The zero-order valence-corrected chi connectivity index (χ0v) is 20.8. The van der Waals surface area contributed by atoms with Crippen LogP contribution in [0.3, 0.4) is 0 Å². The fraction of sp³-hybridized carbons (Fsp3) is 0.650. The quantitative estimate of drug-likeness (QED) is 0.306. The third-order valence-corrected chi connectivity index (χ3v) is 6.31. The molecule has 2 unspecified atom stereocenters. The van der Waals surface area contributed by atoms with Gasteiger partial charge in [0.25, 0.3) is 0 Å². The largest absolute Gasteiger partial charge is 0.356 e. The molecule has 156 valence electrons. The van der Waals surface area contributed by atoms with E-state index >= 15 is 0 Å². The standard InChI is InChI=1S/C20H36N4OS.HI/c1-17(24(6)16-18-10-8-7-9-11-18)12-13-22-19(21-5)23-14-15-26(25)20(2,3)4;/h7-11,17H,12-16H2,1-6H3,(H2,21,22,23);1H. The van der Waals surface area contributed by atoms with E-state index in [4.69, 9.17) is 0 Å². The molecule has 1 aromatic carbocycles. The molecule has 0 aliphatic carbocycles. The van der Waals surface area contributed by atoms with Crippen LogP contribution in [0.1, 0.15) is 39.7 Å². The van der Waals surface area contributed by atoms with Crippen molar-refractivity contribution in [3.8, 4) is 0 Å². The molecule has 0 aliphatic rings. The number of benzene rings is 1. The van der Waals surface area contributed by atoms with Crippen molar-refractivity contribution in [2.45, 2.75) is 51.4 Å². The van der Waals surface area contributed by atoms with Gasteiger partial charge in [0.2, 0.25) is 0 Å². The Morgan fingerprint density at radius 3 is 2.33 bits per heavy atom. The van der Waals surface area contributed by atoms with E-state index in [9.17, 15) is 4.21 Å². The van der Waals surface area contributed by atoms with Crippen LogP contribution in [0.5, 0.6) is 0 Å². The highest BCUT2D eigenvalue weighted by Gasteiger charge is 2.18. The molecule has 0 spiro atoms. The highest BCUT2D eigenvalue weighted by atomic mass is 127. The Bertz CT molecular complexity index is 575. The van der Waals surface area contributed by atoms with Crippen LogP contribution in [-0.4, -0.2) is 58.8 Å². The summed E-state index contributed by atoms with van der Waals surface area (Å²) >= 11 is 0. The van der Waals surface area contributed by atoms with E-state index in [0.717, 1.165) is 25.5 Å². The van der Waals surface area contributed by atoms with E-state index in [1.54, 1.807) is 7.05 Å². The van der Waals surface area contributed by atoms with Crippen LogP contribution in [0.4, 0.5) is 0 Å². The van der Waals surface area contributed by atoms with Crippen LogP contribution in [0.15, 0.2) is 35.3 Å². The van der Waals surface area contributed by atoms with Crippen molar-refractivity contribution in [3.05, 3.63) is 35.9 Å². The highest BCUT2D eigenvalue weighted by molar-refractivity contribution is 14.0. The maximum atomic E-state index is 12.1. The number of hydrogen-bond donors (Lipinski definition) is 2. The predicted octanol–water partition coefficient (Wildman–Crippen LogP) is 3.23. The molecular weight excluding hydrogens is 471 g/mol. The summed E-state index contributed by atoms with van der Waals surface area (Å²) < 4.78 is 11.9. The van der Waals surface area contributed by atoms with Gasteiger partial charge in [0.1, 0.15) is 0 Å². The Balaban J connectivity index is 0.00000676. The lowest BCUT2D eigenvalue weighted by molar-refractivity contribution is 0.238. The van der Waals surface area contributed by atoms with Crippen LogP contribution < -0.4 is 10.6 Å². The molecule has 0 saturated heterocycles. The second-order valence-corrected chi connectivity index (χ2v) is 9.95. The van der Waals surface area contributed by atoms with E-state index in [1.807, 2.05) is 26.8 Å². The van der Waals surface area contributed by atoms with Crippen LogP contribution in [0, 0.1) is 0 Å². The molecule has 0 aromatic heterocycles.